The van der Waals surface area contributed by atoms with E-state index in [4.69, 9.17) is 0 Å². The van der Waals surface area contributed by atoms with E-state index in [1.54, 1.807) is 0 Å². The van der Waals surface area contributed by atoms with Crippen LogP contribution in [0.15, 0.2) is 18.2 Å². The number of anilines is 1. The summed E-state index contributed by atoms with van der Waals surface area (Å²) < 4.78 is 22.8. The number of rotatable bonds is 2. The summed E-state index contributed by atoms with van der Waals surface area (Å²) in [4.78, 5) is 0. The first-order chi connectivity index (χ1) is 7.87. The van der Waals surface area contributed by atoms with E-state index < -0.39 is 22.0 Å². The average molecular weight is 255 g/mol. The van der Waals surface area contributed by atoms with Crippen LogP contribution < -0.4 is 5.32 Å². The Morgan fingerprint density at radius 2 is 2.00 bits per heavy atom. The van der Waals surface area contributed by atoms with Gasteiger partial charge in [0.15, 0.2) is 9.84 Å². The first-order valence-electron chi connectivity index (χ1n) is 5.60. The van der Waals surface area contributed by atoms with Crippen molar-refractivity contribution in [3.05, 3.63) is 29.3 Å². The van der Waals surface area contributed by atoms with E-state index in [-0.39, 0.29) is 11.5 Å². The van der Waals surface area contributed by atoms with E-state index in [1.165, 1.54) is 0 Å². The van der Waals surface area contributed by atoms with Gasteiger partial charge in [-0.3, -0.25) is 0 Å². The van der Waals surface area contributed by atoms with E-state index in [2.05, 4.69) is 5.32 Å². The Morgan fingerprint density at radius 3 is 2.53 bits per heavy atom. The molecule has 0 unspecified atom stereocenters. The Kier molecular flexibility index (Phi) is 3.14. The van der Waals surface area contributed by atoms with Crippen molar-refractivity contribution in [3.63, 3.8) is 0 Å². The van der Waals surface area contributed by atoms with Crippen LogP contribution in [0.1, 0.15) is 11.1 Å². The van der Waals surface area contributed by atoms with Crippen LogP contribution in [0.25, 0.3) is 0 Å². The normalized spacial score (nSPS) is 27.0. The van der Waals surface area contributed by atoms with Crippen molar-refractivity contribution >= 4 is 15.5 Å². The van der Waals surface area contributed by atoms with Crippen molar-refractivity contribution in [3.8, 4) is 0 Å². The van der Waals surface area contributed by atoms with Crippen molar-refractivity contribution in [2.24, 2.45) is 0 Å². The number of hydrogen-bond acceptors (Lipinski definition) is 4. The average Bonchev–Trinajstić information content (AvgIpc) is 2.44. The third-order valence-electron chi connectivity index (χ3n) is 3.05. The number of nitrogens with one attached hydrogen (secondary N) is 1. The van der Waals surface area contributed by atoms with E-state index in [0.717, 1.165) is 16.8 Å². The number of aryl methyl sites for hydroxylation is 2. The first-order valence-corrected chi connectivity index (χ1v) is 7.42. The Labute approximate surface area is 102 Å². The molecule has 0 aliphatic carbocycles. The minimum absolute atomic E-state index is 0.00147. The molecule has 1 aromatic carbocycles. The Bertz CT molecular complexity index is 525. The van der Waals surface area contributed by atoms with Crippen molar-refractivity contribution < 1.29 is 13.5 Å². The highest BCUT2D eigenvalue weighted by Crippen LogP contribution is 2.21. The number of hydrogen-bond donors (Lipinski definition) is 2. The molecule has 5 heteroatoms. The van der Waals surface area contributed by atoms with Crippen molar-refractivity contribution in [1.82, 2.24) is 0 Å². The molecular formula is C12H17NO3S. The molecule has 0 bridgehead atoms. The molecule has 1 saturated heterocycles. The predicted octanol–water partition coefficient (Wildman–Crippen LogP) is 0.873. The van der Waals surface area contributed by atoms with Crippen LogP contribution in [0.2, 0.25) is 0 Å². The fraction of sp³-hybridized carbons (Fsp3) is 0.500. The van der Waals surface area contributed by atoms with Crippen LogP contribution in [0.5, 0.6) is 0 Å². The van der Waals surface area contributed by atoms with Gasteiger partial charge < -0.3 is 10.4 Å². The SMILES string of the molecule is Cc1ccc(N[C@@H]2CS(=O)(=O)C[C@H]2O)c(C)c1. The highest BCUT2D eigenvalue weighted by atomic mass is 32.2. The summed E-state index contributed by atoms with van der Waals surface area (Å²) in [5.41, 5.74) is 3.10. The first kappa shape index (κ1) is 12.4. The van der Waals surface area contributed by atoms with Gasteiger partial charge in [0.2, 0.25) is 0 Å². The van der Waals surface area contributed by atoms with Crippen molar-refractivity contribution in [2.45, 2.75) is 26.0 Å². The summed E-state index contributed by atoms with van der Waals surface area (Å²) in [6.45, 7) is 3.97. The van der Waals surface area contributed by atoms with Crippen LogP contribution in [0.4, 0.5) is 5.69 Å². The topological polar surface area (TPSA) is 66.4 Å². The zero-order chi connectivity index (χ0) is 12.6. The Hall–Kier alpha value is -1.07. The van der Waals surface area contributed by atoms with Crippen LogP contribution in [-0.2, 0) is 9.84 Å². The quantitative estimate of drug-likeness (QED) is 0.823. The maximum atomic E-state index is 11.4. The second-order valence-electron chi connectivity index (χ2n) is 4.71. The summed E-state index contributed by atoms with van der Waals surface area (Å²) in [7, 11) is -3.10. The van der Waals surface area contributed by atoms with Crippen molar-refractivity contribution in [1.29, 1.82) is 0 Å². The molecule has 2 atom stereocenters. The maximum Gasteiger partial charge on any atom is 0.155 e. The van der Waals surface area contributed by atoms with Gasteiger partial charge in [-0.2, -0.15) is 0 Å². The number of sulfone groups is 1. The summed E-state index contributed by atoms with van der Waals surface area (Å²) >= 11 is 0. The molecule has 1 fully saturated rings. The smallest absolute Gasteiger partial charge is 0.155 e. The van der Waals surface area contributed by atoms with Gasteiger partial charge in [-0.25, -0.2) is 8.42 Å². The van der Waals surface area contributed by atoms with E-state index >= 15 is 0 Å². The lowest BCUT2D eigenvalue weighted by atomic mass is 10.1. The lowest BCUT2D eigenvalue weighted by molar-refractivity contribution is 0.190. The van der Waals surface area contributed by atoms with Gasteiger partial charge in [-0.15, -0.1) is 0 Å². The number of aliphatic hydroxyl groups is 1. The minimum atomic E-state index is -3.10. The Balaban J connectivity index is 2.17. The lowest BCUT2D eigenvalue weighted by Gasteiger charge is -2.18. The van der Waals surface area contributed by atoms with Crippen LogP contribution in [0, 0.1) is 13.8 Å². The van der Waals surface area contributed by atoms with Crippen LogP contribution in [-0.4, -0.2) is 37.2 Å². The molecule has 0 spiro atoms. The summed E-state index contributed by atoms with van der Waals surface area (Å²) in [5.74, 6) is -0.142. The zero-order valence-corrected chi connectivity index (χ0v) is 10.8. The summed E-state index contributed by atoms with van der Waals surface area (Å²) in [5, 5.41) is 12.8. The second-order valence-corrected chi connectivity index (χ2v) is 6.87. The summed E-state index contributed by atoms with van der Waals surface area (Å²) in [6, 6.07) is 5.51. The van der Waals surface area contributed by atoms with Gasteiger partial charge in [-0.05, 0) is 25.5 Å². The van der Waals surface area contributed by atoms with Gasteiger partial charge in [0, 0.05) is 5.69 Å². The molecule has 17 heavy (non-hydrogen) atoms. The van der Waals surface area contributed by atoms with Crippen molar-refractivity contribution in [2.75, 3.05) is 16.8 Å². The van der Waals surface area contributed by atoms with Gasteiger partial charge >= 0.3 is 0 Å². The number of benzene rings is 1. The fourth-order valence-corrected chi connectivity index (χ4v) is 3.88. The zero-order valence-electron chi connectivity index (χ0n) is 9.97. The third kappa shape index (κ3) is 2.79. The molecule has 2 rings (SSSR count). The van der Waals surface area contributed by atoms with Gasteiger partial charge in [0.25, 0.3) is 0 Å². The van der Waals surface area contributed by atoms with Gasteiger partial charge in [0.1, 0.15) is 0 Å². The molecular weight excluding hydrogens is 238 g/mol. The van der Waals surface area contributed by atoms with E-state index in [1.807, 2.05) is 32.0 Å². The van der Waals surface area contributed by atoms with Gasteiger partial charge in [0.05, 0.1) is 23.7 Å². The highest BCUT2D eigenvalue weighted by molar-refractivity contribution is 7.91. The molecule has 0 saturated carbocycles. The van der Waals surface area contributed by atoms with Gasteiger partial charge in [-0.1, -0.05) is 17.7 Å². The molecule has 2 N–H and O–H groups in total. The highest BCUT2D eigenvalue weighted by Gasteiger charge is 2.36. The predicted molar refractivity (Wildman–Crippen MR) is 68.0 cm³/mol. The van der Waals surface area contributed by atoms with Crippen LogP contribution >= 0.6 is 0 Å². The fourth-order valence-electron chi connectivity index (χ4n) is 2.14. The number of aliphatic hydroxyl groups excluding tert-OH is 1. The second kappa shape index (κ2) is 4.31. The molecule has 94 valence electrons. The largest absolute Gasteiger partial charge is 0.390 e. The molecule has 1 aliphatic heterocycles. The van der Waals surface area contributed by atoms with E-state index in [9.17, 15) is 13.5 Å². The molecule has 1 aromatic rings. The van der Waals surface area contributed by atoms with E-state index in [0.29, 0.717) is 0 Å². The minimum Gasteiger partial charge on any atom is -0.390 e. The summed E-state index contributed by atoms with van der Waals surface area (Å²) in [6.07, 6.45) is -0.819. The third-order valence-corrected chi connectivity index (χ3v) is 4.76. The molecule has 1 heterocycles. The lowest BCUT2D eigenvalue weighted by Crippen LogP contribution is -2.32. The molecule has 1 aliphatic rings. The molecule has 0 radical (unpaired) electrons. The Morgan fingerprint density at radius 1 is 1.29 bits per heavy atom. The molecule has 0 amide bonds. The monoisotopic (exact) mass is 255 g/mol. The van der Waals surface area contributed by atoms with Crippen LogP contribution in [0.3, 0.4) is 0 Å². The molecule has 0 aromatic heterocycles. The molecule has 4 nitrogen and oxygen atoms in total. The standard InChI is InChI=1S/C12H17NO3S/c1-8-3-4-10(9(2)5-8)13-11-6-17(15,16)7-12(11)14/h3-5,11-14H,6-7H2,1-2H3/t11-,12-/m1/s1. The maximum absolute atomic E-state index is 11.4.